The highest BCUT2D eigenvalue weighted by atomic mass is 16.5. The number of ether oxygens (including phenoxy) is 1. The topological polar surface area (TPSA) is 80.1 Å². The number of hydrogen-bond donors (Lipinski definition) is 2. The predicted octanol–water partition coefficient (Wildman–Crippen LogP) is 2.93. The molecule has 0 aliphatic heterocycles. The first-order valence-electron chi connectivity index (χ1n) is 6.31. The van der Waals surface area contributed by atoms with Gasteiger partial charge in [-0.15, -0.1) is 0 Å². The van der Waals surface area contributed by atoms with Gasteiger partial charge in [-0.1, -0.05) is 6.07 Å². The highest BCUT2D eigenvalue weighted by molar-refractivity contribution is 6.02. The molecule has 2 N–H and O–H groups in total. The van der Waals surface area contributed by atoms with Crippen LogP contribution in [-0.2, 0) is 0 Å². The van der Waals surface area contributed by atoms with Gasteiger partial charge in [0.2, 0.25) is 0 Å². The van der Waals surface area contributed by atoms with Crippen molar-refractivity contribution < 1.29 is 13.9 Å². The van der Waals surface area contributed by atoms with Crippen LogP contribution >= 0.6 is 0 Å². The lowest BCUT2D eigenvalue weighted by Crippen LogP contribution is -2.10. The molecule has 0 bridgehead atoms. The van der Waals surface area contributed by atoms with Crippen LogP contribution in [-0.4, -0.2) is 23.2 Å². The molecule has 2 heterocycles. The maximum atomic E-state index is 12.1. The molecule has 21 heavy (non-hydrogen) atoms. The number of methoxy groups -OCH3 is 1. The van der Waals surface area contributed by atoms with Crippen LogP contribution in [0.15, 0.2) is 53.1 Å². The fraction of sp³-hybridized carbons (Fsp3) is 0.0667. The van der Waals surface area contributed by atoms with Crippen molar-refractivity contribution in [3.8, 4) is 17.2 Å². The van der Waals surface area contributed by atoms with Gasteiger partial charge in [-0.3, -0.25) is 9.89 Å². The highest BCUT2D eigenvalue weighted by Crippen LogP contribution is 2.21. The number of carbonyl (C=O) groups excluding carboxylic acids is 1. The van der Waals surface area contributed by atoms with Gasteiger partial charge in [0.1, 0.15) is 11.4 Å². The zero-order chi connectivity index (χ0) is 14.7. The Morgan fingerprint density at radius 3 is 2.95 bits per heavy atom. The summed E-state index contributed by atoms with van der Waals surface area (Å²) in [7, 11) is 1.57. The third-order valence-corrected chi connectivity index (χ3v) is 2.92. The Morgan fingerprint density at radius 1 is 1.29 bits per heavy atom. The molecule has 0 fully saturated rings. The number of hydrogen-bond acceptors (Lipinski definition) is 4. The van der Waals surface area contributed by atoms with Crippen molar-refractivity contribution in [3.05, 3.63) is 54.4 Å². The number of H-pyrrole nitrogens is 1. The Morgan fingerprint density at radius 2 is 2.19 bits per heavy atom. The molecule has 0 radical (unpaired) electrons. The molecule has 0 aliphatic carbocycles. The third-order valence-electron chi connectivity index (χ3n) is 2.92. The van der Waals surface area contributed by atoms with E-state index < -0.39 is 0 Å². The Hall–Kier alpha value is -3.02. The van der Waals surface area contributed by atoms with Gasteiger partial charge in [0.25, 0.3) is 5.91 Å². The van der Waals surface area contributed by atoms with E-state index in [4.69, 9.17) is 9.15 Å². The molecule has 0 saturated carbocycles. The number of aromatic amines is 1. The molecule has 0 spiro atoms. The normalized spacial score (nSPS) is 10.3. The summed E-state index contributed by atoms with van der Waals surface area (Å²) in [4.78, 5) is 12.1. The fourth-order valence-electron chi connectivity index (χ4n) is 1.89. The number of rotatable bonds is 4. The molecule has 0 atom stereocenters. The van der Waals surface area contributed by atoms with E-state index in [1.807, 2.05) is 0 Å². The SMILES string of the molecule is COc1cccc(NC(=O)c2ccc(-c3ccn[nH]3)o2)c1. The van der Waals surface area contributed by atoms with Gasteiger partial charge in [0.05, 0.1) is 7.11 Å². The van der Waals surface area contributed by atoms with E-state index in [1.54, 1.807) is 55.8 Å². The monoisotopic (exact) mass is 283 g/mol. The molecular weight excluding hydrogens is 270 g/mol. The largest absolute Gasteiger partial charge is 0.497 e. The summed E-state index contributed by atoms with van der Waals surface area (Å²) in [5.41, 5.74) is 1.36. The van der Waals surface area contributed by atoms with Crippen LogP contribution < -0.4 is 10.1 Å². The van der Waals surface area contributed by atoms with E-state index in [9.17, 15) is 4.79 Å². The third kappa shape index (κ3) is 2.79. The van der Waals surface area contributed by atoms with Gasteiger partial charge in [0.15, 0.2) is 11.5 Å². The second-order valence-electron chi connectivity index (χ2n) is 4.32. The van der Waals surface area contributed by atoms with Crippen LogP contribution in [0.5, 0.6) is 5.75 Å². The van der Waals surface area contributed by atoms with Crippen LogP contribution in [0.25, 0.3) is 11.5 Å². The molecule has 106 valence electrons. The van der Waals surface area contributed by atoms with Crippen LogP contribution in [0.4, 0.5) is 5.69 Å². The highest BCUT2D eigenvalue weighted by Gasteiger charge is 2.13. The van der Waals surface area contributed by atoms with Crippen molar-refractivity contribution in [1.82, 2.24) is 10.2 Å². The number of anilines is 1. The Kier molecular flexibility index (Phi) is 3.42. The summed E-state index contributed by atoms with van der Waals surface area (Å²) in [5.74, 6) is 1.13. The van der Waals surface area contributed by atoms with E-state index in [1.165, 1.54) is 0 Å². The van der Waals surface area contributed by atoms with Crippen molar-refractivity contribution in [1.29, 1.82) is 0 Å². The second-order valence-corrected chi connectivity index (χ2v) is 4.32. The quantitative estimate of drug-likeness (QED) is 0.771. The van der Waals surface area contributed by atoms with Gasteiger partial charge < -0.3 is 14.5 Å². The number of furan rings is 1. The summed E-state index contributed by atoms with van der Waals surface area (Å²) >= 11 is 0. The average Bonchev–Trinajstić information content (AvgIpc) is 3.18. The first-order valence-corrected chi connectivity index (χ1v) is 6.31. The van der Waals surface area contributed by atoms with Gasteiger partial charge in [-0.05, 0) is 30.3 Å². The molecule has 1 aromatic carbocycles. The first-order chi connectivity index (χ1) is 10.3. The van der Waals surface area contributed by atoms with E-state index in [0.717, 1.165) is 5.69 Å². The van der Waals surface area contributed by atoms with Crippen molar-refractivity contribution in [3.63, 3.8) is 0 Å². The fourth-order valence-corrected chi connectivity index (χ4v) is 1.89. The van der Waals surface area contributed by atoms with Crippen LogP contribution in [0.1, 0.15) is 10.6 Å². The van der Waals surface area contributed by atoms with E-state index in [2.05, 4.69) is 15.5 Å². The summed E-state index contributed by atoms with van der Waals surface area (Å²) in [6.07, 6.45) is 1.62. The zero-order valence-electron chi connectivity index (χ0n) is 11.3. The zero-order valence-corrected chi connectivity index (χ0v) is 11.3. The first kappa shape index (κ1) is 13.0. The lowest BCUT2D eigenvalue weighted by Gasteiger charge is -2.05. The predicted molar refractivity (Wildman–Crippen MR) is 77.2 cm³/mol. The van der Waals surface area contributed by atoms with E-state index >= 15 is 0 Å². The number of nitrogens with zero attached hydrogens (tertiary/aromatic N) is 1. The lowest BCUT2D eigenvalue weighted by molar-refractivity contribution is 0.0997. The van der Waals surface area contributed by atoms with Gasteiger partial charge in [0, 0.05) is 18.0 Å². The summed E-state index contributed by atoms with van der Waals surface area (Å²) in [6, 6.07) is 12.2. The Balaban J connectivity index is 1.76. The molecule has 3 rings (SSSR count). The summed E-state index contributed by atoms with van der Waals surface area (Å²) in [5, 5.41) is 9.37. The number of nitrogens with one attached hydrogen (secondary N) is 2. The molecule has 6 heteroatoms. The van der Waals surface area contributed by atoms with Gasteiger partial charge in [-0.2, -0.15) is 5.10 Å². The van der Waals surface area contributed by atoms with Crippen molar-refractivity contribution >= 4 is 11.6 Å². The molecule has 6 nitrogen and oxygen atoms in total. The van der Waals surface area contributed by atoms with Crippen molar-refractivity contribution in [2.45, 2.75) is 0 Å². The van der Waals surface area contributed by atoms with E-state index in [0.29, 0.717) is 17.2 Å². The number of aromatic nitrogens is 2. The minimum Gasteiger partial charge on any atom is -0.497 e. The summed E-state index contributed by atoms with van der Waals surface area (Å²) in [6.45, 7) is 0. The molecular formula is C15H13N3O3. The van der Waals surface area contributed by atoms with Crippen LogP contribution in [0.2, 0.25) is 0 Å². The maximum Gasteiger partial charge on any atom is 0.291 e. The average molecular weight is 283 g/mol. The van der Waals surface area contributed by atoms with Crippen LogP contribution in [0, 0.1) is 0 Å². The minimum absolute atomic E-state index is 0.224. The Bertz CT molecular complexity index is 747. The van der Waals surface area contributed by atoms with Gasteiger partial charge in [-0.25, -0.2) is 0 Å². The maximum absolute atomic E-state index is 12.1. The second kappa shape index (κ2) is 5.54. The molecule has 0 saturated heterocycles. The number of carbonyl (C=O) groups is 1. The smallest absolute Gasteiger partial charge is 0.291 e. The molecule has 0 unspecified atom stereocenters. The lowest BCUT2D eigenvalue weighted by atomic mass is 10.3. The van der Waals surface area contributed by atoms with Crippen molar-refractivity contribution in [2.75, 3.05) is 12.4 Å². The molecule has 1 amide bonds. The van der Waals surface area contributed by atoms with Crippen molar-refractivity contribution in [2.24, 2.45) is 0 Å². The standard InChI is InChI=1S/C15H13N3O3/c1-20-11-4-2-3-10(9-11)17-15(19)14-6-5-13(21-14)12-7-8-16-18-12/h2-9H,1H3,(H,16,18)(H,17,19). The van der Waals surface area contributed by atoms with Crippen LogP contribution in [0.3, 0.4) is 0 Å². The molecule has 0 aliphatic rings. The number of amides is 1. The van der Waals surface area contributed by atoms with E-state index in [-0.39, 0.29) is 11.7 Å². The summed E-state index contributed by atoms with van der Waals surface area (Å²) < 4.78 is 10.6. The molecule has 3 aromatic rings. The number of benzene rings is 1. The minimum atomic E-state index is -0.325. The molecule has 2 aromatic heterocycles. The Labute approximate surface area is 120 Å². The van der Waals surface area contributed by atoms with Gasteiger partial charge >= 0.3 is 0 Å².